The van der Waals surface area contributed by atoms with Crippen LogP contribution >= 0.6 is 11.6 Å². The fraction of sp³-hybridized carbons (Fsp3) is 0.462. The minimum absolute atomic E-state index is 0.00671. The van der Waals surface area contributed by atoms with Gasteiger partial charge in [-0.05, 0) is 39.3 Å². The molecule has 2 aromatic rings. The van der Waals surface area contributed by atoms with Gasteiger partial charge in [0.15, 0.2) is 0 Å². The molecule has 0 amide bonds. The molecule has 2 nitrogen and oxygen atoms in total. The lowest BCUT2D eigenvalue weighted by Crippen LogP contribution is -2.23. The van der Waals surface area contributed by atoms with E-state index in [1.807, 2.05) is 0 Å². The van der Waals surface area contributed by atoms with Crippen LogP contribution in [0.2, 0.25) is 0 Å². The lowest BCUT2D eigenvalue weighted by molar-refractivity contribution is 0.398. The molecule has 0 aliphatic rings. The van der Waals surface area contributed by atoms with Gasteiger partial charge < -0.3 is 4.57 Å². The maximum atomic E-state index is 5.98. The molecule has 0 radical (unpaired) electrons. The monoisotopic (exact) mass is 236 g/mol. The van der Waals surface area contributed by atoms with Gasteiger partial charge in [-0.1, -0.05) is 12.1 Å². The van der Waals surface area contributed by atoms with Crippen LogP contribution in [0.5, 0.6) is 0 Å². The van der Waals surface area contributed by atoms with Gasteiger partial charge in [0.1, 0.15) is 5.82 Å². The Hall–Kier alpha value is -1.02. The van der Waals surface area contributed by atoms with Crippen molar-refractivity contribution in [2.45, 2.75) is 39.1 Å². The molecule has 2 rings (SSSR count). The van der Waals surface area contributed by atoms with Gasteiger partial charge >= 0.3 is 0 Å². The van der Waals surface area contributed by atoms with Crippen molar-refractivity contribution >= 4 is 22.6 Å². The fourth-order valence-corrected chi connectivity index (χ4v) is 2.30. The summed E-state index contributed by atoms with van der Waals surface area (Å²) in [6.45, 7) is 8.60. The second-order valence-electron chi connectivity index (χ2n) is 5.11. The van der Waals surface area contributed by atoms with Crippen LogP contribution in [-0.2, 0) is 11.4 Å². The molecule has 0 aliphatic carbocycles. The fourth-order valence-electron chi connectivity index (χ4n) is 2.13. The molecule has 0 aliphatic heterocycles. The van der Waals surface area contributed by atoms with E-state index in [1.54, 1.807) is 0 Å². The molecule has 0 unspecified atom stereocenters. The summed E-state index contributed by atoms with van der Waals surface area (Å²) in [7, 11) is 0. The Morgan fingerprint density at radius 2 is 2.00 bits per heavy atom. The number of fused-ring (bicyclic) bond motifs is 1. The van der Waals surface area contributed by atoms with Crippen LogP contribution in [-0.4, -0.2) is 9.55 Å². The van der Waals surface area contributed by atoms with Crippen molar-refractivity contribution in [1.82, 2.24) is 9.55 Å². The Kier molecular flexibility index (Phi) is 2.70. The number of hydrogen-bond acceptors (Lipinski definition) is 1. The average Bonchev–Trinajstić information content (AvgIpc) is 2.57. The number of alkyl halides is 1. The van der Waals surface area contributed by atoms with E-state index < -0.39 is 0 Å². The topological polar surface area (TPSA) is 17.8 Å². The Morgan fingerprint density at radius 1 is 1.31 bits per heavy atom. The van der Waals surface area contributed by atoms with E-state index in [9.17, 15) is 0 Å². The average molecular weight is 237 g/mol. The molecule has 1 heterocycles. The molecule has 0 spiro atoms. The lowest BCUT2D eigenvalue weighted by Gasteiger charge is -2.24. The van der Waals surface area contributed by atoms with Gasteiger partial charge in [0.2, 0.25) is 0 Å². The van der Waals surface area contributed by atoms with E-state index in [2.05, 4.69) is 55.4 Å². The first-order valence-corrected chi connectivity index (χ1v) is 6.02. The quantitative estimate of drug-likeness (QED) is 0.688. The van der Waals surface area contributed by atoms with Crippen molar-refractivity contribution < 1.29 is 0 Å². The van der Waals surface area contributed by atoms with E-state index in [1.165, 1.54) is 11.1 Å². The Balaban J connectivity index is 2.84. The van der Waals surface area contributed by atoms with Crippen molar-refractivity contribution in [1.29, 1.82) is 0 Å². The highest BCUT2D eigenvalue weighted by Gasteiger charge is 2.21. The second kappa shape index (κ2) is 3.77. The molecule has 0 fully saturated rings. The van der Waals surface area contributed by atoms with Crippen LogP contribution in [0.4, 0.5) is 0 Å². The molecule has 0 N–H and O–H groups in total. The first-order chi connectivity index (χ1) is 7.45. The lowest BCUT2D eigenvalue weighted by atomic mass is 10.1. The number of aryl methyl sites for hydroxylation is 1. The van der Waals surface area contributed by atoms with Crippen LogP contribution in [0.25, 0.3) is 11.0 Å². The summed E-state index contributed by atoms with van der Waals surface area (Å²) in [5, 5.41) is 0. The van der Waals surface area contributed by atoms with Gasteiger partial charge in [-0.25, -0.2) is 4.98 Å². The predicted molar refractivity (Wildman–Crippen MR) is 69.0 cm³/mol. The summed E-state index contributed by atoms with van der Waals surface area (Å²) >= 11 is 5.98. The highest BCUT2D eigenvalue weighted by atomic mass is 35.5. The zero-order valence-electron chi connectivity index (χ0n) is 10.2. The van der Waals surface area contributed by atoms with Crippen LogP contribution in [0.1, 0.15) is 32.2 Å². The van der Waals surface area contributed by atoms with Gasteiger partial charge in [0.05, 0.1) is 16.9 Å². The molecule has 0 bridgehead atoms. The second-order valence-corrected chi connectivity index (χ2v) is 5.38. The molecule has 1 aromatic carbocycles. The van der Waals surface area contributed by atoms with E-state index in [0.717, 1.165) is 11.3 Å². The van der Waals surface area contributed by atoms with Crippen molar-refractivity contribution in [2.24, 2.45) is 0 Å². The standard InChI is InChI=1S/C13H17ClN2/c1-9-6-5-7-10-12(9)15-11(8-14)16(10)13(2,3)4/h5-7H,8H2,1-4H3. The third kappa shape index (κ3) is 1.71. The first-order valence-electron chi connectivity index (χ1n) is 5.48. The summed E-state index contributed by atoms with van der Waals surface area (Å²) < 4.78 is 2.22. The third-order valence-corrected chi connectivity index (χ3v) is 2.99. The highest BCUT2D eigenvalue weighted by Crippen LogP contribution is 2.27. The van der Waals surface area contributed by atoms with E-state index in [4.69, 9.17) is 11.6 Å². The number of aromatic nitrogens is 2. The summed E-state index contributed by atoms with van der Waals surface area (Å²) in [6.07, 6.45) is 0. The molecule has 16 heavy (non-hydrogen) atoms. The van der Waals surface area contributed by atoms with Crippen LogP contribution in [0, 0.1) is 6.92 Å². The number of halogens is 1. The number of nitrogens with zero attached hydrogens (tertiary/aromatic N) is 2. The van der Waals surface area contributed by atoms with Crippen LogP contribution in [0.3, 0.4) is 0 Å². The van der Waals surface area contributed by atoms with Gasteiger partial charge in [-0.15, -0.1) is 11.6 Å². The zero-order chi connectivity index (χ0) is 11.9. The summed E-state index contributed by atoms with van der Waals surface area (Å²) in [4.78, 5) is 4.63. The summed E-state index contributed by atoms with van der Waals surface area (Å²) in [6, 6.07) is 6.26. The number of benzene rings is 1. The molecule has 0 saturated carbocycles. The zero-order valence-corrected chi connectivity index (χ0v) is 11.0. The highest BCUT2D eigenvalue weighted by molar-refractivity contribution is 6.16. The van der Waals surface area contributed by atoms with Gasteiger partial charge in [-0.2, -0.15) is 0 Å². The Bertz CT molecular complexity index is 520. The number of hydrogen-bond donors (Lipinski definition) is 0. The van der Waals surface area contributed by atoms with E-state index in [-0.39, 0.29) is 5.54 Å². The maximum absolute atomic E-state index is 5.98. The normalized spacial score (nSPS) is 12.3. The SMILES string of the molecule is Cc1cccc2c1nc(CCl)n2C(C)(C)C. The Morgan fingerprint density at radius 3 is 2.56 bits per heavy atom. The van der Waals surface area contributed by atoms with Gasteiger partial charge in [0, 0.05) is 5.54 Å². The molecule has 0 atom stereocenters. The molecular formula is C13H17ClN2. The minimum atomic E-state index is 0.00671. The number of para-hydroxylation sites is 1. The van der Waals surface area contributed by atoms with E-state index in [0.29, 0.717) is 5.88 Å². The molecular weight excluding hydrogens is 220 g/mol. The molecule has 86 valence electrons. The molecule has 3 heteroatoms. The van der Waals surface area contributed by atoms with Crippen LogP contribution < -0.4 is 0 Å². The van der Waals surface area contributed by atoms with Gasteiger partial charge in [-0.3, -0.25) is 0 Å². The number of rotatable bonds is 1. The largest absolute Gasteiger partial charge is 0.322 e. The van der Waals surface area contributed by atoms with E-state index >= 15 is 0 Å². The first kappa shape index (κ1) is 11.5. The van der Waals surface area contributed by atoms with Crippen molar-refractivity contribution in [3.05, 3.63) is 29.6 Å². The third-order valence-electron chi connectivity index (χ3n) is 2.75. The smallest absolute Gasteiger partial charge is 0.125 e. The van der Waals surface area contributed by atoms with Gasteiger partial charge in [0.25, 0.3) is 0 Å². The minimum Gasteiger partial charge on any atom is -0.322 e. The van der Waals surface area contributed by atoms with Crippen LogP contribution in [0.15, 0.2) is 18.2 Å². The molecule has 1 aromatic heterocycles. The Labute approximate surface area is 101 Å². The summed E-state index contributed by atoms with van der Waals surface area (Å²) in [5.74, 6) is 1.39. The molecule has 0 saturated heterocycles. The number of imidazole rings is 1. The van der Waals surface area contributed by atoms with Crippen molar-refractivity contribution in [3.8, 4) is 0 Å². The van der Waals surface area contributed by atoms with Crippen molar-refractivity contribution in [3.63, 3.8) is 0 Å². The summed E-state index contributed by atoms with van der Waals surface area (Å²) in [5.41, 5.74) is 3.44. The van der Waals surface area contributed by atoms with Crippen molar-refractivity contribution in [2.75, 3.05) is 0 Å². The predicted octanol–water partition coefficient (Wildman–Crippen LogP) is 3.84. The maximum Gasteiger partial charge on any atom is 0.125 e.